The number of nitrogens with one attached hydrogen (secondary N) is 1. The van der Waals surface area contributed by atoms with E-state index >= 15 is 0 Å². The number of hydrogen-bond donors (Lipinski definition) is 1. The molecule has 0 amide bonds. The topological polar surface area (TPSA) is 51.0 Å². The number of hydrogen-bond acceptors (Lipinski definition) is 4. The van der Waals surface area contributed by atoms with E-state index in [9.17, 15) is 0 Å². The van der Waals surface area contributed by atoms with Crippen LogP contribution >= 0.6 is 0 Å². The average Bonchev–Trinajstić information content (AvgIpc) is 2.92. The Bertz CT molecular complexity index is 491. The molecule has 0 fully saturated rings. The second-order valence-electron chi connectivity index (χ2n) is 4.60. The van der Waals surface area contributed by atoms with Crippen LogP contribution in [0, 0.1) is 0 Å². The molecular weight excluding hydrogens is 238 g/mol. The zero-order valence-corrected chi connectivity index (χ0v) is 11.8. The maximum atomic E-state index is 5.85. The van der Waals surface area contributed by atoms with Gasteiger partial charge < -0.3 is 9.73 Å². The zero-order chi connectivity index (χ0) is 13.7. The van der Waals surface area contributed by atoms with Crippen LogP contribution in [-0.2, 0) is 0 Å². The minimum absolute atomic E-state index is 0.134. The van der Waals surface area contributed by atoms with Crippen LogP contribution in [-0.4, -0.2) is 17.2 Å². The molecule has 1 aromatic heterocycles. The minimum atomic E-state index is 0.134. The third-order valence-corrected chi connectivity index (χ3v) is 3.42. The van der Waals surface area contributed by atoms with Crippen molar-refractivity contribution in [3.63, 3.8) is 0 Å². The summed E-state index contributed by atoms with van der Waals surface area (Å²) < 4.78 is 5.85. The molecule has 0 aliphatic carbocycles. The predicted molar refractivity (Wildman–Crippen MR) is 75.0 cm³/mol. The van der Waals surface area contributed by atoms with Gasteiger partial charge in [-0.1, -0.05) is 44.2 Å². The molecule has 1 aromatic carbocycles. The summed E-state index contributed by atoms with van der Waals surface area (Å²) >= 11 is 0. The fourth-order valence-corrected chi connectivity index (χ4v) is 2.27. The molecular formula is C15H21N3O. The van der Waals surface area contributed by atoms with Gasteiger partial charge in [-0.25, -0.2) is 0 Å². The van der Waals surface area contributed by atoms with Crippen molar-refractivity contribution in [3.05, 3.63) is 47.7 Å². The fourth-order valence-electron chi connectivity index (χ4n) is 2.27. The molecule has 0 radical (unpaired) electrons. The van der Waals surface area contributed by atoms with Gasteiger partial charge in [0.2, 0.25) is 11.8 Å². The monoisotopic (exact) mass is 259 g/mol. The Labute approximate surface area is 114 Å². The van der Waals surface area contributed by atoms with Gasteiger partial charge in [-0.15, -0.1) is 10.2 Å². The number of nitrogens with zero attached hydrogens (tertiary/aromatic N) is 2. The summed E-state index contributed by atoms with van der Waals surface area (Å²) in [5.41, 5.74) is 1.22. The van der Waals surface area contributed by atoms with Gasteiger partial charge in [0, 0.05) is 0 Å². The molecule has 0 aliphatic heterocycles. The molecule has 0 spiro atoms. The molecule has 4 heteroatoms. The third-order valence-electron chi connectivity index (χ3n) is 3.42. The van der Waals surface area contributed by atoms with Crippen molar-refractivity contribution >= 4 is 0 Å². The van der Waals surface area contributed by atoms with E-state index in [0.29, 0.717) is 11.8 Å². The molecule has 4 nitrogen and oxygen atoms in total. The molecule has 2 aromatic rings. The van der Waals surface area contributed by atoms with Crippen molar-refractivity contribution in [1.82, 2.24) is 15.5 Å². The highest BCUT2D eigenvalue weighted by atomic mass is 16.4. The number of benzene rings is 1. The van der Waals surface area contributed by atoms with E-state index in [0.717, 1.165) is 12.8 Å². The molecule has 2 rings (SSSR count). The van der Waals surface area contributed by atoms with Crippen LogP contribution in [0.1, 0.15) is 56.0 Å². The predicted octanol–water partition coefficient (Wildman–Crippen LogP) is 3.28. The van der Waals surface area contributed by atoms with Gasteiger partial charge in [0.05, 0.1) is 12.0 Å². The lowest BCUT2D eigenvalue weighted by atomic mass is 9.97. The molecule has 1 N–H and O–H groups in total. The molecule has 2 atom stereocenters. The molecule has 0 saturated heterocycles. The smallest absolute Gasteiger partial charge is 0.233 e. The summed E-state index contributed by atoms with van der Waals surface area (Å²) in [6.45, 7) is 4.23. The first kappa shape index (κ1) is 13.7. The van der Waals surface area contributed by atoms with E-state index in [2.05, 4.69) is 41.5 Å². The summed E-state index contributed by atoms with van der Waals surface area (Å²) in [5.74, 6) is 1.56. The van der Waals surface area contributed by atoms with Gasteiger partial charge in [-0.3, -0.25) is 0 Å². The van der Waals surface area contributed by atoms with Crippen molar-refractivity contribution in [2.45, 2.75) is 38.6 Å². The van der Waals surface area contributed by atoms with Crippen LogP contribution in [0.4, 0.5) is 0 Å². The Morgan fingerprint density at radius 1 is 1.05 bits per heavy atom. The van der Waals surface area contributed by atoms with Gasteiger partial charge >= 0.3 is 0 Å². The highest BCUT2D eigenvalue weighted by Crippen LogP contribution is 2.28. The fraction of sp³-hybridized carbons (Fsp3) is 0.467. The van der Waals surface area contributed by atoms with E-state index < -0.39 is 0 Å². The minimum Gasteiger partial charge on any atom is -0.423 e. The second kappa shape index (κ2) is 6.48. The van der Waals surface area contributed by atoms with E-state index in [1.807, 2.05) is 25.2 Å². The highest BCUT2D eigenvalue weighted by molar-refractivity contribution is 5.24. The van der Waals surface area contributed by atoms with Gasteiger partial charge in [-0.05, 0) is 25.5 Å². The van der Waals surface area contributed by atoms with Crippen LogP contribution < -0.4 is 5.32 Å². The summed E-state index contributed by atoms with van der Waals surface area (Å²) in [7, 11) is 1.91. The van der Waals surface area contributed by atoms with Crippen LogP contribution in [0.2, 0.25) is 0 Å². The molecule has 0 saturated carbocycles. The lowest BCUT2D eigenvalue weighted by Crippen LogP contribution is -2.15. The van der Waals surface area contributed by atoms with Crippen LogP contribution in [0.5, 0.6) is 0 Å². The third kappa shape index (κ3) is 3.01. The summed E-state index contributed by atoms with van der Waals surface area (Å²) in [6, 6.07) is 10.4. The molecule has 2 unspecified atom stereocenters. The number of aromatic nitrogens is 2. The Balaban J connectivity index is 2.25. The average molecular weight is 259 g/mol. The Morgan fingerprint density at radius 3 is 2.32 bits per heavy atom. The normalized spacial score (nSPS) is 14.3. The lowest BCUT2D eigenvalue weighted by Gasteiger charge is -2.11. The first-order chi connectivity index (χ1) is 9.30. The molecule has 0 aliphatic rings. The Morgan fingerprint density at radius 2 is 1.74 bits per heavy atom. The van der Waals surface area contributed by atoms with Gasteiger partial charge in [0.15, 0.2) is 0 Å². The summed E-state index contributed by atoms with van der Waals surface area (Å²) in [4.78, 5) is 0. The number of rotatable bonds is 6. The van der Waals surface area contributed by atoms with E-state index in [1.165, 1.54) is 5.56 Å². The maximum Gasteiger partial charge on any atom is 0.233 e. The lowest BCUT2D eigenvalue weighted by molar-refractivity contribution is 0.375. The maximum absolute atomic E-state index is 5.85. The van der Waals surface area contributed by atoms with Crippen LogP contribution in [0.3, 0.4) is 0 Å². The molecule has 1 heterocycles. The van der Waals surface area contributed by atoms with Gasteiger partial charge in [0.25, 0.3) is 0 Å². The summed E-state index contributed by atoms with van der Waals surface area (Å²) in [5, 5.41) is 11.6. The van der Waals surface area contributed by atoms with E-state index in [1.54, 1.807) is 0 Å². The van der Waals surface area contributed by atoms with Gasteiger partial charge in [-0.2, -0.15) is 0 Å². The van der Waals surface area contributed by atoms with E-state index in [4.69, 9.17) is 4.42 Å². The van der Waals surface area contributed by atoms with E-state index in [-0.39, 0.29) is 12.0 Å². The molecule has 19 heavy (non-hydrogen) atoms. The molecule has 0 bridgehead atoms. The van der Waals surface area contributed by atoms with Crippen molar-refractivity contribution < 1.29 is 4.42 Å². The SMILES string of the molecule is CCC(NC)c1nnc(C(CC)c2ccccc2)o1. The quantitative estimate of drug-likeness (QED) is 0.865. The van der Waals surface area contributed by atoms with Gasteiger partial charge in [0.1, 0.15) is 0 Å². The van der Waals surface area contributed by atoms with Crippen LogP contribution in [0.15, 0.2) is 34.7 Å². The zero-order valence-electron chi connectivity index (χ0n) is 11.8. The van der Waals surface area contributed by atoms with Crippen molar-refractivity contribution in [2.24, 2.45) is 0 Å². The van der Waals surface area contributed by atoms with Crippen molar-refractivity contribution in [1.29, 1.82) is 0 Å². The van der Waals surface area contributed by atoms with Crippen molar-refractivity contribution in [3.8, 4) is 0 Å². The Hall–Kier alpha value is -1.68. The van der Waals surface area contributed by atoms with Crippen molar-refractivity contribution in [2.75, 3.05) is 7.05 Å². The summed E-state index contributed by atoms with van der Waals surface area (Å²) in [6.07, 6.45) is 1.88. The second-order valence-corrected chi connectivity index (χ2v) is 4.60. The first-order valence-electron chi connectivity index (χ1n) is 6.85. The highest BCUT2D eigenvalue weighted by Gasteiger charge is 2.21. The Kier molecular flexibility index (Phi) is 4.68. The standard InChI is InChI=1S/C15H21N3O/c1-4-12(11-9-7-6-8-10-11)14-17-18-15(19-14)13(5-2)16-3/h6-10,12-13,16H,4-5H2,1-3H3. The van der Waals surface area contributed by atoms with Crippen LogP contribution in [0.25, 0.3) is 0 Å². The largest absolute Gasteiger partial charge is 0.423 e. The first-order valence-corrected chi connectivity index (χ1v) is 6.85. The molecule has 102 valence electrons.